The van der Waals surface area contributed by atoms with Crippen LogP contribution in [0.4, 0.5) is 0 Å². The van der Waals surface area contributed by atoms with Gasteiger partial charge >= 0.3 is 0 Å². The average molecular weight is 254 g/mol. The van der Waals surface area contributed by atoms with Crippen LogP contribution in [0.1, 0.15) is 31.0 Å². The van der Waals surface area contributed by atoms with E-state index in [1.165, 1.54) is 5.56 Å². The zero-order chi connectivity index (χ0) is 13.7. The fourth-order valence-corrected chi connectivity index (χ4v) is 1.90. The molecule has 0 spiro atoms. The van der Waals surface area contributed by atoms with E-state index in [0.717, 1.165) is 6.54 Å². The third-order valence-corrected chi connectivity index (χ3v) is 3.38. The minimum atomic E-state index is 0.299. The Balaban J connectivity index is 1.89. The quantitative estimate of drug-likeness (QED) is 0.892. The van der Waals surface area contributed by atoms with Crippen LogP contribution < -0.4 is 5.32 Å². The van der Waals surface area contributed by atoms with E-state index in [0.29, 0.717) is 17.6 Å². The number of nitrogens with one attached hydrogen (secondary N) is 1. The zero-order valence-corrected chi connectivity index (χ0v) is 11.2. The van der Waals surface area contributed by atoms with E-state index in [-0.39, 0.29) is 0 Å². The van der Waals surface area contributed by atoms with Crippen molar-refractivity contribution in [3.63, 3.8) is 0 Å². The Labute approximate surface area is 113 Å². The molecule has 0 saturated carbocycles. The molecule has 0 unspecified atom stereocenters. The number of aromatic nitrogens is 2. The summed E-state index contributed by atoms with van der Waals surface area (Å²) in [5, 5.41) is 16.5. The lowest BCUT2D eigenvalue weighted by molar-refractivity contribution is 0.365. The largest absolute Gasteiger partial charge is 0.308 e. The monoisotopic (exact) mass is 254 g/mol. The van der Waals surface area contributed by atoms with Gasteiger partial charge < -0.3 is 5.32 Å². The first kappa shape index (κ1) is 13.3. The highest BCUT2D eigenvalue weighted by atomic mass is 15.3. The summed E-state index contributed by atoms with van der Waals surface area (Å²) < 4.78 is 1.95. The molecule has 1 N–H and O–H groups in total. The fourth-order valence-electron chi connectivity index (χ4n) is 1.90. The SMILES string of the molecule is C[C@H](NCc1ccc(C#N)cc1)[C@H](C)n1cccn1. The number of benzene rings is 1. The lowest BCUT2D eigenvalue weighted by Crippen LogP contribution is -2.33. The first-order chi connectivity index (χ1) is 9.20. The maximum atomic E-state index is 8.75. The molecule has 2 atom stereocenters. The minimum absolute atomic E-state index is 0.299. The lowest BCUT2D eigenvalue weighted by Gasteiger charge is -2.21. The maximum Gasteiger partial charge on any atom is 0.0991 e. The molecule has 0 amide bonds. The van der Waals surface area contributed by atoms with Crippen molar-refractivity contribution in [3.05, 3.63) is 53.9 Å². The van der Waals surface area contributed by atoms with E-state index in [1.54, 1.807) is 6.20 Å². The Morgan fingerprint density at radius 1 is 1.32 bits per heavy atom. The Kier molecular flexibility index (Phi) is 4.32. The predicted molar refractivity (Wildman–Crippen MR) is 74.4 cm³/mol. The van der Waals surface area contributed by atoms with E-state index in [4.69, 9.17) is 5.26 Å². The first-order valence-electron chi connectivity index (χ1n) is 6.42. The number of rotatable bonds is 5. The molecule has 4 nitrogen and oxygen atoms in total. The van der Waals surface area contributed by atoms with Gasteiger partial charge in [-0.15, -0.1) is 0 Å². The van der Waals surface area contributed by atoms with E-state index >= 15 is 0 Å². The van der Waals surface area contributed by atoms with Crippen molar-refractivity contribution in [3.8, 4) is 6.07 Å². The molecule has 0 bridgehead atoms. The van der Waals surface area contributed by atoms with Crippen LogP contribution >= 0.6 is 0 Å². The van der Waals surface area contributed by atoms with Gasteiger partial charge in [0.25, 0.3) is 0 Å². The van der Waals surface area contributed by atoms with Crippen LogP contribution in [0.3, 0.4) is 0 Å². The van der Waals surface area contributed by atoms with Gasteiger partial charge in [-0.1, -0.05) is 12.1 Å². The van der Waals surface area contributed by atoms with E-state index in [1.807, 2.05) is 41.2 Å². The topological polar surface area (TPSA) is 53.6 Å². The highest BCUT2D eigenvalue weighted by Gasteiger charge is 2.13. The van der Waals surface area contributed by atoms with Gasteiger partial charge in [0.1, 0.15) is 0 Å². The molecule has 0 fully saturated rings. The standard InChI is InChI=1S/C15H18N4/c1-12(13(2)19-9-3-8-18-19)17-11-15-6-4-14(10-16)5-7-15/h3-9,12-13,17H,11H2,1-2H3/t12-,13-/m0/s1. The van der Waals surface area contributed by atoms with Gasteiger partial charge in [-0.3, -0.25) is 4.68 Å². The second kappa shape index (κ2) is 6.17. The Hall–Kier alpha value is -2.12. The first-order valence-corrected chi connectivity index (χ1v) is 6.42. The molecular weight excluding hydrogens is 236 g/mol. The highest BCUT2D eigenvalue weighted by Crippen LogP contribution is 2.10. The van der Waals surface area contributed by atoms with Crippen molar-refractivity contribution < 1.29 is 0 Å². The summed E-state index contributed by atoms with van der Waals surface area (Å²) >= 11 is 0. The molecule has 0 aliphatic rings. The summed E-state index contributed by atoms with van der Waals surface area (Å²) in [6.45, 7) is 5.08. The van der Waals surface area contributed by atoms with Crippen LogP contribution in [0.5, 0.6) is 0 Å². The molecule has 0 saturated heterocycles. The fraction of sp³-hybridized carbons (Fsp3) is 0.333. The van der Waals surface area contributed by atoms with Gasteiger partial charge in [0.15, 0.2) is 0 Å². The van der Waals surface area contributed by atoms with Crippen molar-refractivity contribution in [2.24, 2.45) is 0 Å². The van der Waals surface area contributed by atoms with E-state index in [2.05, 4.69) is 30.3 Å². The Morgan fingerprint density at radius 2 is 2.05 bits per heavy atom. The van der Waals surface area contributed by atoms with Crippen molar-refractivity contribution in [2.45, 2.75) is 32.5 Å². The molecule has 1 aromatic carbocycles. The van der Waals surface area contributed by atoms with Gasteiger partial charge in [0.05, 0.1) is 17.7 Å². The molecule has 2 aromatic rings. The smallest absolute Gasteiger partial charge is 0.0991 e. The number of hydrogen-bond donors (Lipinski definition) is 1. The molecule has 19 heavy (non-hydrogen) atoms. The van der Waals surface area contributed by atoms with Crippen LogP contribution in [0, 0.1) is 11.3 Å². The highest BCUT2D eigenvalue weighted by molar-refractivity contribution is 5.31. The predicted octanol–water partition coefficient (Wildman–Crippen LogP) is 2.49. The third kappa shape index (κ3) is 3.43. The van der Waals surface area contributed by atoms with Crippen molar-refractivity contribution >= 4 is 0 Å². The number of nitrogens with zero attached hydrogens (tertiary/aromatic N) is 3. The van der Waals surface area contributed by atoms with Crippen molar-refractivity contribution in [1.82, 2.24) is 15.1 Å². The summed E-state index contributed by atoms with van der Waals surface area (Å²) in [7, 11) is 0. The van der Waals surface area contributed by atoms with Gasteiger partial charge in [-0.25, -0.2) is 0 Å². The third-order valence-electron chi connectivity index (χ3n) is 3.38. The summed E-state index contributed by atoms with van der Waals surface area (Å²) in [4.78, 5) is 0. The molecule has 0 radical (unpaired) electrons. The maximum absolute atomic E-state index is 8.75. The number of hydrogen-bond acceptors (Lipinski definition) is 3. The van der Waals surface area contributed by atoms with Gasteiger partial charge in [0.2, 0.25) is 0 Å². The molecule has 98 valence electrons. The van der Waals surface area contributed by atoms with Crippen LogP contribution in [0.15, 0.2) is 42.7 Å². The summed E-state index contributed by atoms with van der Waals surface area (Å²) in [6.07, 6.45) is 3.77. The average Bonchev–Trinajstić information content (AvgIpc) is 2.98. The minimum Gasteiger partial charge on any atom is -0.308 e. The summed E-state index contributed by atoms with van der Waals surface area (Å²) in [6, 6.07) is 12.3. The van der Waals surface area contributed by atoms with E-state index in [9.17, 15) is 0 Å². The molecule has 1 heterocycles. The van der Waals surface area contributed by atoms with Crippen LogP contribution in [-0.4, -0.2) is 15.8 Å². The van der Waals surface area contributed by atoms with Gasteiger partial charge in [-0.05, 0) is 37.6 Å². The van der Waals surface area contributed by atoms with Crippen molar-refractivity contribution in [1.29, 1.82) is 5.26 Å². The summed E-state index contributed by atoms with van der Waals surface area (Å²) in [5.41, 5.74) is 1.88. The second-order valence-electron chi connectivity index (χ2n) is 4.70. The van der Waals surface area contributed by atoms with Gasteiger partial charge in [0, 0.05) is 25.0 Å². The van der Waals surface area contributed by atoms with Gasteiger partial charge in [-0.2, -0.15) is 10.4 Å². The normalized spacial score (nSPS) is 13.7. The second-order valence-corrected chi connectivity index (χ2v) is 4.70. The Bertz CT molecular complexity index is 537. The molecule has 0 aliphatic carbocycles. The zero-order valence-electron chi connectivity index (χ0n) is 11.2. The molecular formula is C15H18N4. The molecule has 2 rings (SSSR count). The van der Waals surface area contributed by atoms with Crippen LogP contribution in [0.25, 0.3) is 0 Å². The van der Waals surface area contributed by atoms with E-state index < -0.39 is 0 Å². The summed E-state index contributed by atoms with van der Waals surface area (Å²) in [5.74, 6) is 0. The molecule has 1 aromatic heterocycles. The molecule has 0 aliphatic heterocycles. The van der Waals surface area contributed by atoms with Crippen molar-refractivity contribution in [2.75, 3.05) is 0 Å². The number of nitriles is 1. The molecule has 4 heteroatoms. The van der Waals surface area contributed by atoms with Crippen LogP contribution in [-0.2, 0) is 6.54 Å². The lowest BCUT2D eigenvalue weighted by atomic mass is 10.1. The van der Waals surface area contributed by atoms with Crippen LogP contribution in [0.2, 0.25) is 0 Å². The Morgan fingerprint density at radius 3 is 2.63 bits per heavy atom.